The lowest BCUT2D eigenvalue weighted by Gasteiger charge is -2.42. The molecule has 4 rings (SSSR count). The quantitative estimate of drug-likeness (QED) is 0.833. The van der Waals surface area contributed by atoms with Gasteiger partial charge in [-0.3, -0.25) is 0 Å². The fourth-order valence-corrected chi connectivity index (χ4v) is 6.47. The van der Waals surface area contributed by atoms with Crippen LogP contribution in [0.2, 0.25) is 0 Å². The molecule has 0 aromatic carbocycles. The van der Waals surface area contributed by atoms with E-state index in [1.807, 2.05) is 19.3 Å². The summed E-state index contributed by atoms with van der Waals surface area (Å²) >= 11 is 0. The second kappa shape index (κ2) is 6.25. The van der Waals surface area contributed by atoms with Gasteiger partial charge in [-0.25, -0.2) is 18.4 Å². The summed E-state index contributed by atoms with van der Waals surface area (Å²) in [7, 11) is -0.994. The first kappa shape index (κ1) is 16.8. The van der Waals surface area contributed by atoms with E-state index in [1.165, 1.54) is 0 Å². The van der Waals surface area contributed by atoms with E-state index in [1.54, 1.807) is 6.33 Å². The Morgan fingerprint density at radius 1 is 1.28 bits per heavy atom. The predicted molar refractivity (Wildman–Crippen MR) is 98.2 cm³/mol. The summed E-state index contributed by atoms with van der Waals surface area (Å²) in [6.07, 6.45) is 7.40. The highest BCUT2D eigenvalue weighted by Crippen LogP contribution is 2.37. The van der Waals surface area contributed by atoms with E-state index < -0.39 is 9.84 Å². The second-order valence-electron chi connectivity index (χ2n) is 7.56. The van der Waals surface area contributed by atoms with Gasteiger partial charge in [-0.2, -0.15) is 0 Å². The van der Waals surface area contributed by atoms with E-state index in [2.05, 4.69) is 19.9 Å². The molecule has 0 saturated heterocycles. The van der Waals surface area contributed by atoms with Crippen molar-refractivity contribution < 1.29 is 8.42 Å². The lowest BCUT2D eigenvalue weighted by molar-refractivity contribution is 0.281. The fourth-order valence-electron chi connectivity index (χ4n) is 4.23. The second-order valence-corrected chi connectivity index (χ2v) is 9.89. The van der Waals surface area contributed by atoms with Crippen LogP contribution >= 0.6 is 0 Å². The van der Waals surface area contributed by atoms with Crippen LogP contribution in [0.5, 0.6) is 0 Å². The lowest BCUT2D eigenvalue weighted by Crippen LogP contribution is -2.46. The Hall–Kier alpha value is -1.67. The minimum Gasteiger partial charge on any atom is -0.356 e. The van der Waals surface area contributed by atoms with Crippen molar-refractivity contribution in [3.8, 4) is 0 Å². The zero-order chi connectivity index (χ0) is 17.6. The average molecular weight is 363 g/mol. The van der Waals surface area contributed by atoms with Crippen LogP contribution in [-0.2, 0) is 9.84 Å². The first-order chi connectivity index (χ1) is 11.9. The van der Waals surface area contributed by atoms with Gasteiger partial charge in [-0.15, -0.1) is 0 Å². The molecule has 2 aliphatic rings. The standard InChI is InChI=1S/C17H25N5O2S/c1-22(17-15-4-5-19-16(15)20-10-21-17)13-6-11(7-13)9-25(23,24)14-3-2-12(18)8-14/h4-5,10-14H,2-3,6-9,18H2,1H3,(H,19,20,21)/t11?,12-,13?,14+/m1/s1. The number of anilines is 1. The summed E-state index contributed by atoms with van der Waals surface area (Å²) in [5.41, 5.74) is 6.70. The molecular weight excluding hydrogens is 338 g/mol. The number of hydrogen-bond donors (Lipinski definition) is 2. The smallest absolute Gasteiger partial charge is 0.153 e. The molecular formula is C17H25N5O2S. The molecule has 0 spiro atoms. The summed E-state index contributed by atoms with van der Waals surface area (Å²) in [6, 6.07) is 2.37. The minimum absolute atomic E-state index is 0.0570. The monoisotopic (exact) mass is 363 g/mol. The number of H-pyrrole nitrogens is 1. The van der Waals surface area contributed by atoms with Crippen molar-refractivity contribution in [3.63, 3.8) is 0 Å². The Labute approximate surface area is 147 Å². The first-order valence-corrected chi connectivity index (χ1v) is 10.6. The summed E-state index contributed by atoms with van der Waals surface area (Å²) < 4.78 is 25.1. The van der Waals surface area contributed by atoms with Crippen LogP contribution in [0.25, 0.3) is 11.0 Å². The van der Waals surface area contributed by atoms with Crippen LogP contribution in [0.3, 0.4) is 0 Å². The van der Waals surface area contributed by atoms with Gasteiger partial charge >= 0.3 is 0 Å². The number of hydrogen-bond acceptors (Lipinski definition) is 6. The third-order valence-corrected chi connectivity index (χ3v) is 8.21. The van der Waals surface area contributed by atoms with Gasteiger partial charge in [-0.05, 0) is 44.1 Å². The molecule has 0 aliphatic heterocycles. The van der Waals surface area contributed by atoms with E-state index in [-0.39, 0.29) is 17.2 Å². The van der Waals surface area contributed by atoms with Gasteiger partial charge in [0.15, 0.2) is 9.84 Å². The molecule has 2 atom stereocenters. The van der Waals surface area contributed by atoms with Crippen LogP contribution in [0, 0.1) is 5.92 Å². The Morgan fingerprint density at radius 3 is 2.80 bits per heavy atom. The maximum Gasteiger partial charge on any atom is 0.153 e. The molecule has 2 aromatic rings. The van der Waals surface area contributed by atoms with Crippen LogP contribution in [0.15, 0.2) is 18.6 Å². The van der Waals surface area contributed by atoms with Crippen LogP contribution < -0.4 is 10.6 Å². The highest BCUT2D eigenvalue weighted by atomic mass is 32.2. The molecule has 0 radical (unpaired) electrons. The third-order valence-electron chi connectivity index (χ3n) is 5.83. The molecule has 0 unspecified atom stereocenters. The van der Waals surface area contributed by atoms with Gasteiger partial charge in [-0.1, -0.05) is 0 Å². The molecule has 2 aromatic heterocycles. The molecule has 7 nitrogen and oxygen atoms in total. The number of fused-ring (bicyclic) bond motifs is 1. The topological polar surface area (TPSA) is 105 Å². The zero-order valence-electron chi connectivity index (χ0n) is 14.4. The summed E-state index contributed by atoms with van der Waals surface area (Å²) in [4.78, 5) is 13.9. The number of aromatic nitrogens is 3. The number of rotatable bonds is 5. The van der Waals surface area contributed by atoms with Crippen molar-refractivity contribution >= 4 is 26.7 Å². The number of nitrogens with zero attached hydrogens (tertiary/aromatic N) is 3. The Balaban J connectivity index is 1.38. The van der Waals surface area contributed by atoms with Crippen molar-refractivity contribution in [2.45, 2.75) is 49.4 Å². The van der Waals surface area contributed by atoms with Gasteiger partial charge in [0.25, 0.3) is 0 Å². The van der Waals surface area contributed by atoms with E-state index in [0.717, 1.165) is 42.5 Å². The molecule has 8 heteroatoms. The molecule has 0 amide bonds. The van der Waals surface area contributed by atoms with Crippen LogP contribution in [0.1, 0.15) is 32.1 Å². The van der Waals surface area contributed by atoms with Gasteiger partial charge < -0.3 is 15.6 Å². The maximum atomic E-state index is 12.6. The van der Waals surface area contributed by atoms with Crippen molar-refractivity contribution in [2.75, 3.05) is 17.7 Å². The predicted octanol–water partition coefficient (Wildman–Crippen LogP) is 1.47. The van der Waals surface area contributed by atoms with Crippen LogP contribution in [0.4, 0.5) is 5.82 Å². The van der Waals surface area contributed by atoms with E-state index in [9.17, 15) is 8.42 Å². The summed E-state index contributed by atoms with van der Waals surface area (Å²) in [6.45, 7) is 0. The van der Waals surface area contributed by atoms with Gasteiger partial charge in [0.2, 0.25) is 0 Å². The lowest BCUT2D eigenvalue weighted by atomic mass is 9.81. The Morgan fingerprint density at radius 2 is 2.08 bits per heavy atom. The molecule has 2 heterocycles. The molecule has 136 valence electrons. The first-order valence-electron chi connectivity index (χ1n) is 8.92. The maximum absolute atomic E-state index is 12.6. The van der Waals surface area contributed by atoms with Crippen molar-refractivity contribution in [2.24, 2.45) is 11.7 Å². The molecule has 2 fully saturated rings. The van der Waals surface area contributed by atoms with Gasteiger partial charge in [0, 0.05) is 25.3 Å². The SMILES string of the molecule is CN(c1ncnc2[nH]ccc12)C1CC(CS(=O)(=O)[C@H]2CC[C@@H](N)C2)C1. The third kappa shape index (κ3) is 3.13. The molecule has 25 heavy (non-hydrogen) atoms. The largest absolute Gasteiger partial charge is 0.356 e. The van der Waals surface area contributed by atoms with Crippen molar-refractivity contribution in [1.29, 1.82) is 0 Å². The summed E-state index contributed by atoms with van der Waals surface area (Å²) in [5.74, 6) is 1.45. The van der Waals surface area contributed by atoms with Crippen molar-refractivity contribution in [3.05, 3.63) is 18.6 Å². The van der Waals surface area contributed by atoms with E-state index in [0.29, 0.717) is 18.2 Å². The van der Waals surface area contributed by atoms with E-state index >= 15 is 0 Å². The zero-order valence-corrected chi connectivity index (χ0v) is 15.2. The molecule has 2 saturated carbocycles. The Bertz CT molecular complexity index is 859. The average Bonchev–Trinajstić information content (AvgIpc) is 3.18. The Kier molecular flexibility index (Phi) is 4.19. The van der Waals surface area contributed by atoms with Gasteiger partial charge in [0.1, 0.15) is 17.8 Å². The fraction of sp³-hybridized carbons (Fsp3) is 0.647. The molecule has 2 aliphatic carbocycles. The highest BCUT2D eigenvalue weighted by molar-refractivity contribution is 7.92. The number of nitrogens with one attached hydrogen (secondary N) is 1. The van der Waals surface area contributed by atoms with Crippen LogP contribution in [-0.4, -0.2) is 53.5 Å². The van der Waals surface area contributed by atoms with Gasteiger partial charge in [0.05, 0.1) is 16.4 Å². The highest BCUT2D eigenvalue weighted by Gasteiger charge is 2.40. The van der Waals surface area contributed by atoms with E-state index in [4.69, 9.17) is 5.73 Å². The molecule has 0 bridgehead atoms. The summed E-state index contributed by atoms with van der Waals surface area (Å²) in [5, 5.41) is 0.779. The normalized spacial score (nSPS) is 29.7. The number of sulfone groups is 1. The molecule has 3 N–H and O–H groups in total. The number of aromatic amines is 1. The van der Waals surface area contributed by atoms with Crippen molar-refractivity contribution in [1.82, 2.24) is 15.0 Å². The minimum atomic E-state index is -3.02. The number of nitrogens with two attached hydrogens (primary N) is 1.